The molecule has 0 fully saturated rings. The van der Waals surface area contributed by atoms with E-state index in [2.05, 4.69) is 4.84 Å². The van der Waals surface area contributed by atoms with Gasteiger partial charge in [0.2, 0.25) is 0 Å². The Kier molecular flexibility index (Phi) is 5.37. The van der Waals surface area contributed by atoms with Crippen LogP contribution in [0.25, 0.3) is 0 Å². The Morgan fingerprint density at radius 3 is 2.00 bits per heavy atom. The molecule has 0 aliphatic heterocycles. The Bertz CT molecular complexity index is 154. The van der Waals surface area contributed by atoms with Crippen LogP contribution in [0.5, 0.6) is 5.75 Å². The average molecular weight is 249 g/mol. The van der Waals surface area contributed by atoms with Crippen molar-refractivity contribution in [2.75, 3.05) is 0 Å². The molecule has 3 heteroatoms. The molecular weight excluding hydrogens is 242 g/mol. The van der Waals surface area contributed by atoms with Gasteiger partial charge in [0.25, 0.3) is 0 Å². The Morgan fingerprint density at radius 2 is 1.67 bits per heavy atom. The maximum absolute atomic E-state index is 4.85. The van der Waals surface area contributed by atoms with E-state index in [4.69, 9.17) is 5.90 Å². The third-order valence-electron chi connectivity index (χ3n) is 0.879. The van der Waals surface area contributed by atoms with Gasteiger partial charge in [-0.1, -0.05) is 18.2 Å². The number of para-hydroxylation sites is 1. The van der Waals surface area contributed by atoms with Crippen molar-refractivity contribution in [1.29, 1.82) is 0 Å². The Balaban J connectivity index is 0.000000640. The van der Waals surface area contributed by atoms with Gasteiger partial charge in [-0.05, 0) is 12.1 Å². The van der Waals surface area contributed by atoms with Crippen LogP contribution in [0.4, 0.5) is 0 Å². The first-order valence-corrected chi connectivity index (χ1v) is 2.35. The fourth-order valence-electron chi connectivity index (χ4n) is 0.499. The van der Waals surface area contributed by atoms with Gasteiger partial charge in [0, 0.05) is 41.7 Å². The molecule has 2 nitrogen and oxygen atoms in total. The number of hydrogen-bond donors (Lipinski definition) is 1. The fraction of sp³-hybridized carbons (Fsp3) is 0. The molecule has 0 atom stereocenters. The van der Waals surface area contributed by atoms with Gasteiger partial charge in [0.15, 0.2) is 0 Å². The summed E-state index contributed by atoms with van der Waals surface area (Å²) >= 11 is 0. The molecule has 46 valence electrons. The molecule has 0 aromatic heterocycles. The van der Waals surface area contributed by atoms with Crippen molar-refractivity contribution in [3.63, 3.8) is 0 Å². The summed E-state index contributed by atoms with van der Waals surface area (Å²) in [6, 6.07) is 9.22. The molecule has 1 aromatic carbocycles. The standard InChI is InChI=1S/C6H7NO.Ce/c7-8-6-4-2-1-3-5-6;/h1-5H,7H2;. The predicted molar refractivity (Wildman–Crippen MR) is 31.3 cm³/mol. The van der Waals surface area contributed by atoms with Gasteiger partial charge in [-0.15, -0.1) is 0 Å². The predicted octanol–water partition coefficient (Wildman–Crippen LogP) is 0.939. The molecule has 0 amide bonds. The van der Waals surface area contributed by atoms with Crippen LogP contribution < -0.4 is 10.7 Å². The first-order chi connectivity index (χ1) is 3.93. The molecule has 0 spiro atoms. The largest absolute Gasteiger partial charge is 0.412 e. The summed E-state index contributed by atoms with van der Waals surface area (Å²) in [6.07, 6.45) is 0. The van der Waals surface area contributed by atoms with Crippen LogP contribution in [0.1, 0.15) is 0 Å². The molecule has 1 rings (SSSR count). The van der Waals surface area contributed by atoms with Gasteiger partial charge < -0.3 is 4.84 Å². The zero-order valence-corrected chi connectivity index (χ0v) is 8.01. The minimum atomic E-state index is 0. The van der Waals surface area contributed by atoms with Gasteiger partial charge >= 0.3 is 0 Å². The molecule has 0 bridgehead atoms. The smallest absolute Gasteiger partial charge is 0.146 e. The van der Waals surface area contributed by atoms with E-state index < -0.39 is 0 Å². The summed E-state index contributed by atoms with van der Waals surface area (Å²) in [5, 5.41) is 0. The molecule has 2 N–H and O–H groups in total. The Morgan fingerprint density at radius 1 is 1.11 bits per heavy atom. The fourth-order valence-corrected chi connectivity index (χ4v) is 0.499. The zero-order chi connectivity index (χ0) is 5.82. The maximum Gasteiger partial charge on any atom is 0.146 e. The third-order valence-corrected chi connectivity index (χ3v) is 0.879. The van der Waals surface area contributed by atoms with Gasteiger partial charge in [0.1, 0.15) is 5.75 Å². The number of rotatable bonds is 1. The van der Waals surface area contributed by atoms with Crippen molar-refractivity contribution < 1.29 is 46.6 Å². The molecule has 0 saturated carbocycles. The van der Waals surface area contributed by atoms with Crippen LogP contribution >= 0.6 is 0 Å². The van der Waals surface area contributed by atoms with Crippen molar-refractivity contribution in [3.05, 3.63) is 30.3 Å². The van der Waals surface area contributed by atoms with Crippen molar-refractivity contribution >= 4 is 0 Å². The number of benzene rings is 1. The monoisotopic (exact) mass is 249 g/mol. The summed E-state index contributed by atoms with van der Waals surface area (Å²) in [4.78, 5) is 4.41. The zero-order valence-electron chi connectivity index (χ0n) is 4.87. The summed E-state index contributed by atoms with van der Waals surface area (Å²) in [7, 11) is 0. The van der Waals surface area contributed by atoms with E-state index in [1.165, 1.54) is 0 Å². The molecule has 0 unspecified atom stereocenters. The van der Waals surface area contributed by atoms with E-state index in [9.17, 15) is 0 Å². The Hall–Kier alpha value is 0.357. The van der Waals surface area contributed by atoms with Crippen molar-refractivity contribution in [1.82, 2.24) is 0 Å². The number of nitrogens with two attached hydrogens (primary N) is 1. The quantitative estimate of drug-likeness (QED) is 0.752. The molecular formula is C6H7CeNO. The summed E-state index contributed by atoms with van der Waals surface area (Å²) in [5.74, 6) is 5.54. The van der Waals surface area contributed by atoms with E-state index >= 15 is 0 Å². The molecule has 9 heavy (non-hydrogen) atoms. The second kappa shape index (κ2) is 5.17. The van der Waals surface area contributed by atoms with Gasteiger partial charge in [-0.3, -0.25) is 0 Å². The normalized spacial score (nSPS) is 7.67. The number of hydrogen-bond acceptors (Lipinski definition) is 2. The van der Waals surface area contributed by atoms with Crippen LogP contribution in [0, 0.1) is 41.7 Å². The van der Waals surface area contributed by atoms with E-state index in [-0.39, 0.29) is 41.7 Å². The van der Waals surface area contributed by atoms with Crippen LogP contribution in [0.2, 0.25) is 0 Å². The minimum absolute atomic E-state index is 0. The molecule has 0 heterocycles. The maximum atomic E-state index is 4.85. The summed E-state index contributed by atoms with van der Waals surface area (Å²) in [5.41, 5.74) is 0. The first kappa shape index (κ1) is 9.36. The average Bonchev–Trinajstić information content (AvgIpc) is 1.90. The van der Waals surface area contributed by atoms with E-state index in [0.717, 1.165) is 0 Å². The molecule has 1 aromatic rings. The Labute approximate surface area is 87.7 Å². The van der Waals surface area contributed by atoms with Crippen LogP contribution in [0.15, 0.2) is 30.3 Å². The third kappa shape index (κ3) is 3.15. The molecule has 0 aliphatic rings. The van der Waals surface area contributed by atoms with Crippen LogP contribution in [-0.4, -0.2) is 0 Å². The SMILES string of the molecule is NOc1ccccc1.[Ce]. The second-order valence-corrected chi connectivity index (χ2v) is 1.43. The van der Waals surface area contributed by atoms with Gasteiger partial charge in [0.05, 0.1) is 0 Å². The van der Waals surface area contributed by atoms with Crippen molar-refractivity contribution in [2.45, 2.75) is 0 Å². The summed E-state index contributed by atoms with van der Waals surface area (Å²) in [6.45, 7) is 0. The van der Waals surface area contributed by atoms with E-state index in [1.807, 2.05) is 18.2 Å². The van der Waals surface area contributed by atoms with E-state index in [1.54, 1.807) is 12.1 Å². The van der Waals surface area contributed by atoms with Crippen molar-refractivity contribution in [3.8, 4) is 5.75 Å². The molecule has 0 aliphatic carbocycles. The van der Waals surface area contributed by atoms with E-state index in [0.29, 0.717) is 5.75 Å². The van der Waals surface area contributed by atoms with Crippen LogP contribution in [0.3, 0.4) is 0 Å². The molecule has 0 saturated heterocycles. The van der Waals surface area contributed by atoms with Gasteiger partial charge in [-0.25, -0.2) is 0 Å². The van der Waals surface area contributed by atoms with Crippen molar-refractivity contribution in [2.24, 2.45) is 5.90 Å². The first-order valence-electron chi connectivity index (χ1n) is 2.35. The van der Waals surface area contributed by atoms with Crippen LogP contribution in [-0.2, 0) is 0 Å². The minimum Gasteiger partial charge on any atom is -0.412 e. The summed E-state index contributed by atoms with van der Waals surface area (Å²) < 4.78 is 0. The topological polar surface area (TPSA) is 35.2 Å². The second-order valence-electron chi connectivity index (χ2n) is 1.43. The van der Waals surface area contributed by atoms with Gasteiger partial charge in [-0.2, -0.15) is 5.90 Å². The molecule has 0 radical (unpaired) electrons.